The van der Waals surface area contributed by atoms with Gasteiger partial charge in [-0.2, -0.15) is 0 Å². The van der Waals surface area contributed by atoms with Gasteiger partial charge in [-0.25, -0.2) is 0 Å². The highest BCUT2D eigenvalue weighted by Gasteiger charge is 2.44. The zero-order valence-electron chi connectivity index (χ0n) is 11.8. The number of fused-ring (bicyclic) bond motifs is 1. The second kappa shape index (κ2) is 5.92. The Bertz CT molecular complexity index is 420. The summed E-state index contributed by atoms with van der Waals surface area (Å²) < 4.78 is 11.9. The van der Waals surface area contributed by atoms with Crippen molar-refractivity contribution < 1.29 is 9.47 Å². The molecule has 0 bridgehead atoms. The van der Waals surface area contributed by atoms with Crippen LogP contribution in [0.15, 0.2) is 12.1 Å². The van der Waals surface area contributed by atoms with Crippen LogP contribution in [-0.4, -0.2) is 42.9 Å². The van der Waals surface area contributed by atoms with E-state index in [4.69, 9.17) is 9.47 Å². The van der Waals surface area contributed by atoms with Crippen LogP contribution in [0.2, 0.25) is 0 Å². The fourth-order valence-corrected chi connectivity index (χ4v) is 4.23. The summed E-state index contributed by atoms with van der Waals surface area (Å²) in [5, 5.41) is 0. The molecule has 0 amide bonds. The van der Waals surface area contributed by atoms with Crippen molar-refractivity contribution >= 4 is 11.3 Å². The molecule has 3 atom stereocenters. The Hall–Kier alpha value is -0.420. The summed E-state index contributed by atoms with van der Waals surface area (Å²) >= 11 is 1.91. The highest BCUT2D eigenvalue weighted by atomic mass is 32.1. The number of rotatable bonds is 4. The summed E-state index contributed by atoms with van der Waals surface area (Å²) in [5.41, 5.74) is 0. The van der Waals surface area contributed by atoms with E-state index >= 15 is 0 Å². The third-order valence-electron chi connectivity index (χ3n) is 4.12. The summed E-state index contributed by atoms with van der Waals surface area (Å²) in [6.07, 6.45) is 2.98. The molecule has 2 aliphatic rings. The first-order valence-corrected chi connectivity index (χ1v) is 8.12. The van der Waals surface area contributed by atoms with Gasteiger partial charge in [0.2, 0.25) is 0 Å². The van der Waals surface area contributed by atoms with Crippen LogP contribution in [0.4, 0.5) is 0 Å². The Balaban J connectivity index is 1.70. The summed E-state index contributed by atoms with van der Waals surface area (Å²) in [6.45, 7) is 7.99. The van der Waals surface area contributed by atoms with Crippen LogP contribution >= 0.6 is 11.3 Å². The van der Waals surface area contributed by atoms with Gasteiger partial charge in [0.05, 0.1) is 6.10 Å². The summed E-state index contributed by atoms with van der Waals surface area (Å²) in [5.74, 6) is 0. The number of nitrogens with zero attached hydrogens (tertiary/aromatic N) is 1. The van der Waals surface area contributed by atoms with Gasteiger partial charge in [0.1, 0.15) is 6.10 Å². The molecule has 0 aromatic carbocycles. The first-order valence-electron chi connectivity index (χ1n) is 7.30. The van der Waals surface area contributed by atoms with Crippen LogP contribution in [0.5, 0.6) is 0 Å². The van der Waals surface area contributed by atoms with Crippen LogP contribution < -0.4 is 0 Å². The molecule has 1 aromatic heterocycles. The topological polar surface area (TPSA) is 21.7 Å². The molecule has 1 aromatic rings. The van der Waals surface area contributed by atoms with Gasteiger partial charge < -0.3 is 9.47 Å². The summed E-state index contributed by atoms with van der Waals surface area (Å²) in [4.78, 5) is 5.42. The van der Waals surface area contributed by atoms with E-state index in [1.807, 2.05) is 11.3 Å². The highest BCUT2D eigenvalue weighted by Crippen LogP contribution is 2.32. The Labute approximate surface area is 119 Å². The quantitative estimate of drug-likeness (QED) is 0.847. The average molecular weight is 281 g/mol. The number of ether oxygens (including phenoxy) is 2. The second-order valence-corrected chi connectivity index (χ2v) is 6.85. The molecule has 4 heteroatoms. The fraction of sp³-hybridized carbons (Fsp3) is 0.733. The van der Waals surface area contributed by atoms with E-state index in [-0.39, 0.29) is 12.2 Å². The smallest absolute Gasteiger partial charge is 0.100 e. The van der Waals surface area contributed by atoms with Crippen molar-refractivity contribution in [2.45, 2.75) is 51.5 Å². The van der Waals surface area contributed by atoms with Crippen molar-refractivity contribution in [3.8, 4) is 0 Å². The van der Waals surface area contributed by atoms with Crippen LogP contribution in [0.3, 0.4) is 0 Å². The maximum absolute atomic E-state index is 5.98. The van der Waals surface area contributed by atoms with E-state index in [0.717, 1.165) is 26.3 Å². The normalized spacial score (nSPS) is 31.6. The Kier molecular flexibility index (Phi) is 4.22. The van der Waals surface area contributed by atoms with Gasteiger partial charge >= 0.3 is 0 Å². The minimum atomic E-state index is 0.261. The maximum atomic E-state index is 5.98. The molecule has 19 heavy (non-hydrogen) atoms. The predicted octanol–water partition coefficient (Wildman–Crippen LogP) is 2.82. The fourth-order valence-electron chi connectivity index (χ4n) is 3.32. The Morgan fingerprint density at radius 1 is 1.47 bits per heavy atom. The van der Waals surface area contributed by atoms with Crippen molar-refractivity contribution in [1.82, 2.24) is 4.90 Å². The number of likely N-dealkylation sites (tertiary alicyclic amines) is 1. The Morgan fingerprint density at radius 3 is 3.11 bits per heavy atom. The summed E-state index contributed by atoms with van der Waals surface area (Å²) in [7, 11) is 0. The molecule has 0 radical (unpaired) electrons. The molecule has 0 aliphatic carbocycles. The van der Waals surface area contributed by atoms with Crippen LogP contribution in [0.1, 0.15) is 29.5 Å². The highest BCUT2D eigenvalue weighted by molar-refractivity contribution is 7.11. The monoisotopic (exact) mass is 281 g/mol. The van der Waals surface area contributed by atoms with Crippen molar-refractivity contribution in [2.75, 3.05) is 19.8 Å². The molecule has 3 rings (SSSR count). The lowest BCUT2D eigenvalue weighted by molar-refractivity contribution is -0.0749. The van der Waals surface area contributed by atoms with Crippen molar-refractivity contribution in [3.05, 3.63) is 21.9 Å². The second-order valence-electron chi connectivity index (χ2n) is 5.48. The maximum Gasteiger partial charge on any atom is 0.100 e. The van der Waals surface area contributed by atoms with Crippen LogP contribution in [0.25, 0.3) is 0 Å². The van der Waals surface area contributed by atoms with E-state index < -0.39 is 0 Å². The van der Waals surface area contributed by atoms with E-state index in [1.165, 1.54) is 22.6 Å². The van der Waals surface area contributed by atoms with Gasteiger partial charge in [0.15, 0.2) is 0 Å². The van der Waals surface area contributed by atoms with E-state index in [0.29, 0.717) is 6.04 Å². The molecule has 2 aliphatic heterocycles. The van der Waals surface area contributed by atoms with E-state index in [2.05, 4.69) is 30.9 Å². The van der Waals surface area contributed by atoms with Gasteiger partial charge in [-0.3, -0.25) is 4.90 Å². The lowest BCUT2D eigenvalue weighted by Gasteiger charge is -2.32. The largest absolute Gasteiger partial charge is 0.374 e. The molecule has 3 heterocycles. The molecule has 106 valence electrons. The van der Waals surface area contributed by atoms with Crippen molar-refractivity contribution in [1.29, 1.82) is 0 Å². The van der Waals surface area contributed by atoms with Gasteiger partial charge in [-0.05, 0) is 38.8 Å². The van der Waals surface area contributed by atoms with Crippen molar-refractivity contribution in [3.63, 3.8) is 0 Å². The lowest BCUT2D eigenvalue weighted by atomic mass is 10.0. The third-order valence-corrected chi connectivity index (χ3v) is 5.10. The molecule has 2 fully saturated rings. The molecular formula is C15H23NO2S. The van der Waals surface area contributed by atoms with E-state index in [9.17, 15) is 0 Å². The molecule has 0 spiro atoms. The van der Waals surface area contributed by atoms with Gasteiger partial charge in [0, 0.05) is 42.1 Å². The van der Waals surface area contributed by atoms with Crippen LogP contribution in [0, 0.1) is 6.92 Å². The molecule has 0 saturated carbocycles. The minimum absolute atomic E-state index is 0.261. The lowest BCUT2D eigenvalue weighted by Crippen LogP contribution is -2.41. The first-order chi connectivity index (χ1) is 9.28. The average Bonchev–Trinajstić information content (AvgIpc) is 2.97. The molecule has 0 N–H and O–H groups in total. The molecule has 3 nitrogen and oxygen atoms in total. The number of hydrogen-bond donors (Lipinski definition) is 0. The zero-order valence-corrected chi connectivity index (χ0v) is 12.6. The number of thiophene rings is 1. The number of aryl methyl sites for hydroxylation is 1. The Morgan fingerprint density at radius 2 is 2.37 bits per heavy atom. The predicted molar refractivity (Wildman–Crippen MR) is 77.6 cm³/mol. The van der Waals surface area contributed by atoms with E-state index in [1.54, 1.807) is 0 Å². The molecule has 2 saturated heterocycles. The van der Waals surface area contributed by atoms with Crippen molar-refractivity contribution in [2.24, 2.45) is 0 Å². The van der Waals surface area contributed by atoms with Gasteiger partial charge in [-0.1, -0.05) is 0 Å². The zero-order chi connectivity index (χ0) is 13.2. The standard InChI is InChI=1S/C15H23NO2S/c1-3-17-14-10-16(9-12-7-6-11(2)19-12)13-5-4-8-18-15(13)14/h6-7,13-15H,3-5,8-10H2,1-2H3/t13-,14+,15+/m0/s1. The first kappa shape index (κ1) is 13.6. The van der Waals surface area contributed by atoms with Gasteiger partial charge in [-0.15, -0.1) is 11.3 Å². The third kappa shape index (κ3) is 2.87. The van der Waals surface area contributed by atoms with Gasteiger partial charge in [0.25, 0.3) is 0 Å². The molecular weight excluding hydrogens is 258 g/mol. The SMILES string of the molecule is CCO[C@@H]1CN(Cc2ccc(C)s2)[C@H]2CCCO[C@@H]12. The minimum Gasteiger partial charge on any atom is -0.374 e. The summed E-state index contributed by atoms with van der Waals surface area (Å²) in [6, 6.07) is 5.02. The molecule has 0 unspecified atom stereocenters. The number of hydrogen-bond acceptors (Lipinski definition) is 4. The van der Waals surface area contributed by atoms with Crippen LogP contribution in [-0.2, 0) is 16.0 Å².